The zero-order chi connectivity index (χ0) is 13.1. The van der Waals surface area contributed by atoms with E-state index >= 15 is 0 Å². The van der Waals surface area contributed by atoms with Gasteiger partial charge in [0.05, 0.1) is 20.1 Å². The van der Waals surface area contributed by atoms with Crippen molar-refractivity contribution in [3.8, 4) is 0 Å². The minimum atomic E-state index is -0.0148. The van der Waals surface area contributed by atoms with Crippen LogP contribution in [0.5, 0.6) is 0 Å². The van der Waals surface area contributed by atoms with Crippen LogP contribution in [0.25, 0.3) is 10.1 Å². The zero-order valence-corrected chi connectivity index (χ0v) is 12.5. The van der Waals surface area contributed by atoms with Gasteiger partial charge in [-0.25, -0.2) is 0 Å². The van der Waals surface area contributed by atoms with Gasteiger partial charge in [0.2, 0.25) is 0 Å². The number of aromatic nitrogens is 1. The highest BCUT2D eigenvalue weighted by Gasteiger charge is 2.13. The molecule has 0 amide bonds. The molecule has 0 unspecified atom stereocenters. The van der Waals surface area contributed by atoms with Gasteiger partial charge in [-0.05, 0) is 18.6 Å². The van der Waals surface area contributed by atoms with E-state index in [1.54, 1.807) is 10.0 Å². The third-order valence-electron chi connectivity index (χ3n) is 2.92. The SMILES string of the molecule is CCCCCCn1sc2ccc(Cl)c(Cl)c2c1=O. The number of nitrogens with zero attached hydrogens (tertiary/aromatic N) is 1. The summed E-state index contributed by atoms with van der Waals surface area (Å²) in [6.07, 6.45) is 4.60. The van der Waals surface area contributed by atoms with Crippen molar-refractivity contribution >= 4 is 44.8 Å². The van der Waals surface area contributed by atoms with Gasteiger partial charge in [0.1, 0.15) is 0 Å². The van der Waals surface area contributed by atoms with Crippen LogP contribution >= 0.6 is 34.7 Å². The molecule has 0 aliphatic heterocycles. The lowest BCUT2D eigenvalue weighted by Gasteiger charge is -1.99. The average Bonchev–Trinajstić information content (AvgIpc) is 2.67. The van der Waals surface area contributed by atoms with E-state index in [0.29, 0.717) is 15.4 Å². The number of unbranched alkanes of at least 4 members (excludes halogenated alkanes) is 3. The van der Waals surface area contributed by atoms with E-state index in [1.807, 2.05) is 6.07 Å². The van der Waals surface area contributed by atoms with E-state index in [9.17, 15) is 4.79 Å². The molecule has 0 saturated carbocycles. The van der Waals surface area contributed by atoms with Crippen LogP contribution in [-0.4, -0.2) is 3.96 Å². The molecule has 1 aromatic heterocycles. The molecule has 2 aromatic rings. The van der Waals surface area contributed by atoms with Gasteiger partial charge in [-0.15, -0.1) is 0 Å². The van der Waals surface area contributed by atoms with E-state index in [0.717, 1.165) is 24.1 Å². The monoisotopic (exact) mass is 303 g/mol. The molecule has 2 nitrogen and oxygen atoms in total. The minimum Gasteiger partial charge on any atom is -0.268 e. The van der Waals surface area contributed by atoms with Crippen molar-refractivity contribution in [2.24, 2.45) is 0 Å². The van der Waals surface area contributed by atoms with Gasteiger partial charge in [-0.1, -0.05) is 60.9 Å². The van der Waals surface area contributed by atoms with Gasteiger partial charge in [0.25, 0.3) is 5.56 Å². The Labute approximate surface area is 120 Å². The van der Waals surface area contributed by atoms with E-state index in [-0.39, 0.29) is 5.56 Å². The summed E-state index contributed by atoms with van der Waals surface area (Å²) in [5.41, 5.74) is -0.0148. The molecule has 2 rings (SSSR count). The lowest BCUT2D eigenvalue weighted by molar-refractivity contribution is 0.600. The Morgan fingerprint density at radius 3 is 2.72 bits per heavy atom. The number of benzene rings is 1. The fourth-order valence-electron chi connectivity index (χ4n) is 1.92. The molecular formula is C13H15Cl2NOS. The van der Waals surface area contributed by atoms with Crippen LogP contribution in [0.2, 0.25) is 10.0 Å². The predicted octanol–water partition coefficient (Wildman–Crippen LogP) is 4.95. The Morgan fingerprint density at radius 1 is 1.22 bits per heavy atom. The fourth-order valence-corrected chi connectivity index (χ4v) is 3.42. The van der Waals surface area contributed by atoms with Crippen molar-refractivity contribution in [2.45, 2.75) is 39.2 Å². The smallest absolute Gasteiger partial charge is 0.268 e. The van der Waals surface area contributed by atoms with Crippen LogP contribution in [-0.2, 0) is 6.54 Å². The first-order valence-corrected chi connectivity index (χ1v) is 7.66. The fraction of sp³-hybridized carbons (Fsp3) is 0.462. The number of aryl methyl sites for hydroxylation is 1. The highest BCUT2D eigenvalue weighted by molar-refractivity contribution is 7.14. The summed E-state index contributed by atoms with van der Waals surface area (Å²) >= 11 is 13.5. The number of halogens is 2. The molecule has 18 heavy (non-hydrogen) atoms. The van der Waals surface area contributed by atoms with Gasteiger partial charge in [-0.3, -0.25) is 8.75 Å². The van der Waals surface area contributed by atoms with E-state index in [2.05, 4.69) is 6.92 Å². The molecule has 0 spiro atoms. The standard InChI is InChI=1S/C13H15Cl2NOS/c1-2-3-4-5-8-16-13(17)11-10(18-16)7-6-9(14)12(11)15/h6-7H,2-5,8H2,1H3. The molecule has 0 radical (unpaired) electrons. The molecule has 0 fully saturated rings. The first-order chi connectivity index (χ1) is 8.65. The zero-order valence-electron chi connectivity index (χ0n) is 10.2. The highest BCUT2D eigenvalue weighted by Crippen LogP contribution is 2.31. The Morgan fingerprint density at radius 2 is 2.00 bits per heavy atom. The second kappa shape index (κ2) is 6.09. The van der Waals surface area contributed by atoms with Gasteiger partial charge < -0.3 is 0 Å². The molecule has 0 bridgehead atoms. The number of hydrogen-bond acceptors (Lipinski definition) is 2. The van der Waals surface area contributed by atoms with Gasteiger partial charge in [0.15, 0.2) is 0 Å². The maximum atomic E-state index is 12.2. The Hall–Kier alpha value is -0.510. The first kappa shape index (κ1) is 13.9. The van der Waals surface area contributed by atoms with Crippen LogP contribution in [0.15, 0.2) is 16.9 Å². The normalized spacial score (nSPS) is 11.3. The lowest BCUT2D eigenvalue weighted by Crippen LogP contribution is -2.13. The maximum absolute atomic E-state index is 12.2. The van der Waals surface area contributed by atoms with Crippen LogP contribution in [0.1, 0.15) is 32.6 Å². The number of hydrogen-bond donors (Lipinski definition) is 0. The average molecular weight is 304 g/mol. The van der Waals surface area contributed by atoms with Crippen LogP contribution in [0.4, 0.5) is 0 Å². The summed E-state index contributed by atoms with van der Waals surface area (Å²) in [5.74, 6) is 0. The summed E-state index contributed by atoms with van der Waals surface area (Å²) < 4.78 is 2.69. The van der Waals surface area contributed by atoms with Crippen molar-refractivity contribution in [3.63, 3.8) is 0 Å². The second-order valence-electron chi connectivity index (χ2n) is 4.29. The van der Waals surface area contributed by atoms with E-state index in [4.69, 9.17) is 23.2 Å². The summed E-state index contributed by atoms with van der Waals surface area (Å²) in [5, 5.41) is 1.38. The highest BCUT2D eigenvalue weighted by atomic mass is 35.5. The molecular weight excluding hydrogens is 289 g/mol. The lowest BCUT2D eigenvalue weighted by atomic mass is 10.2. The Kier molecular flexibility index (Phi) is 4.71. The van der Waals surface area contributed by atoms with Crippen LogP contribution in [0, 0.1) is 0 Å². The summed E-state index contributed by atoms with van der Waals surface area (Å²) in [7, 11) is 0. The Balaban J connectivity index is 2.28. The molecule has 0 N–H and O–H groups in total. The molecule has 1 heterocycles. The molecule has 5 heteroatoms. The van der Waals surface area contributed by atoms with Crippen LogP contribution in [0.3, 0.4) is 0 Å². The number of fused-ring (bicyclic) bond motifs is 1. The van der Waals surface area contributed by atoms with Crippen molar-refractivity contribution in [3.05, 3.63) is 32.5 Å². The van der Waals surface area contributed by atoms with Crippen LogP contribution < -0.4 is 5.56 Å². The topological polar surface area (TPSA) is 22.0 Å². The van der Waals surface area contributed by atoms with E-state index in [1.165, 1.54) is 24.4 Å². The van der Waals surface area contributed by atoms with Gasteiger partial charge >= 0.3 is 0 Å². The molecule has 0 aliphatic carbocycles. The maximum Gasteiger partial charge on any atom is 0.270 e. The van der Waals surface area contributed by atoms with Crippen molar-refractivity contribution in [1.29, 1.82) is 0 Å². The van der Waals surface area contributed by atoms with E-state index < -0.39 is 0 Å². The Bertz CT molecular complexity index is 603. The molecule has 0 saturated heterocycles. The molecule has 1 aromatic carbocycles. The van der Waals surface area contributed by atoms with Crippen molar-refractivity contribution < 1.29 is 0 Å². The van der Waals surface area contributed by atoms with Crippen molar-refractivity contribution in [1.82, 2.24) is 3.96 Å². The summed E-state index contributed by atoms with van der Waals surface area (Å²) in [6, 6.07) is 3.60. The second-order valence-corrected chi connectivity index (χ2v) is 6.14. The molecule has 0 atom stereocenters. The molecule has 98 valence electrons. The molecule has 0 aliphatic rings. The summed E-state index contributed by atoms with van der Waals surface area (Å²) in [4.78, 5) is 12.2. The largest absolute Gasteiger partial charge is 0.270 e. The van der Waals surface area contributed by atoms with Gasteiger partial charge in [-0.2, -0.15) is 0 Å². The first-order valence-electron chi connectivity index (χ1n) is 6.13. The van der Waals surface area contributed by atoms with Crippen molar-refractivity contribution in [2.75, 3.05) is 0 Å². The summed E-state index contributed by atoms with van der Waals surface area (Å²) in [6.45, 7) is 2.94. The minimum absolute atomic E-state index is 0.0148. The third kappa shape index (κ3) is 2.73. The quantitative estimate of drug-likeness (QED) is 0.716. The van der Waals surface area contributed by atoms with Gasteiger partial charge in [0, 0.05) is 6.54 Å². The third-order valence-corrected chi connectivity index (χ3v) is 4.83. The number of rotatable bonds is 5. The predicted molar refractivity (Wildman–Crippen MR) is 80.2 cm³/mol.